The average Bonchev–Trinajstić information content (AvgIpc) is 2.34. The summed E-state index contributed by atoms with van der Waals surface area (Å²) in [7, 11) is 0. The number of amides is 1. The Morgan fingerprint density at radius 3 is 2.77 bits per heavy atom. The van der Waals surface area contributed by atoms with Gasteiger partial charge >= 0.3 is 6.09 Å². The van der Waals surface area contributed by atoms with Gasteiger partial charge in [-0.25, -0.2) is 10.3 Å². The van der Waals surface area contributed by atoms with Crippen molar-refractivity contribution in [3.05, 3.63) is 0 Å². The van der Waals surface area contributed by atoms with Crippen LogP contribution in [-0.2, 0) is 9.57 Å². The molecule has 1 heterocycles. The van der Waals surface area contributed by atoms with Crippen LogP contribution in [0.15, 0.2) is 0 Å². The summed E-state index contributed by atoms with van der Waals surface area (Å²) in [6.07, 6.45) is -0.398. The first kappa shape index (κ1) is 10.3. The maximum absolute atomic E-state index is 11.2. The number of hydrogen-bond acceptors (Lipinski definition) is 4. The number of rotatable bonds is 1. The number of carbonyl (C=O) groups excluding carboxylic acids is 1. The summed E-state index contributed by atoms with van der Waals surface area (Å²) in [5, 5.41) is 2.69. The van der Waals surface area contributed by atoms with E-state index in [4.69, 9.17) is 9.57 Å². The molecule has 0 aromatic carbocycles. The number of hydrogen-bond donors (Lipinski definition) is 2. The monoisotopic (exact) mass is 188 g/mol. The lowest BCUT2D eigenvalue weighted by atomic mass is 10.2. The Morgan fingerprint density at radius 2 is 2.31 bits per heavy atom. The van der Waals surface area contributed by atoms with Crippen molar-refractivity contribution in [2.75, 3.05) is 13.2 Å². The predicted octanol–water partition coefficient (Wildman–Crippen LogP) is 0.414. The molecule has 0 unspecified atom stereocenters. The summed E-state index contributed by atoms with van der Waals surface area (Å²) in [5.41, 5.74) is 2.22. The van der Waals surface area contributed by atoms with Gasteiger partial charge in [0, 0.05) is 6.54 Å². The number of carbonyl (C=O) groups is 1. The zero-order valence-corrected chi connectivity index (χ0v) is 8.22. The van der Waals surface area contributed by atoms with Crippen LogP contribution in [0.3, 0.4) is 0 Å². The van der Waals surface area contributed by atoms with Crippen LogP contribution in [0, 0.1) is 0 Å². The van der Waals surface area contributed by atoms with Crippen molar-refractivity contribution in [1.29, 1.82) is 0 Å². The van der Waals surface area contributed by atoms with E-state index in [1.54, 1.807) is 0 Å². The molecule has 2 N–H and O–H groups in total. The highest BCUT2D eigenvalue weighted by molar-refractivity contribution is 5.68. The average molecular weight is 188 g/mol. The summed E-state index contributed by atoms with van der Waals surface area (Å²) in [6.45, 7) is 6.60. The van der Waals surface area contributed by atoms with Gasteiger partial charge in [-0.05, 0) is 20.8 Å². The minimum Gasteiger partial charge on any atom is -0.444 e. The summed E-state index contributed by atoms with van der Waals surface area (Å²) < 4.78 is 5.07. The molecule has 5 nitrogen and oxygen atoms in total. The van der Waals surface area contributed by atoms with Crippen LogP contribution in [0.5, 0.6) is 0 Å². The standard InChI is InChI=1S/C8H16N2O3/c1-8(2,3)13-7(11)10-6-4-9-12-5-6/h6,9H,4-5H2,1-3H3,(H,10,11)/t6-/m0/s1. The van der Waals surface area contributed by atoms with Crippen LogP contribution in [0.25, 0.3) is 0 Å². The molecule has 0 saturated carbocycles. The van der Waals surface area contributed by atoms with Gasteiger partial charge in [-0.15, -0.1) is 0 Å². The van der Waals surface area contributed by atoms with Gasteiger partial charge in [0.2, 0.25) is 0 Å². The number of ether oxygens (including phenoxy) is 1. The Kier molecular flexibility index (Phi) is 3.11. The van der Waals surface area contributed by atoms with E-state index in [-0.39, 0.29) is 6.04 Å². The first-order chi connectivity index (χ1) is 5.97. The molecule has 13 heavy (non-hydrogen) atoms. The van der Waals surface area contributed by atoms with Crippen LogP contribution in [-0.4, -0.2) is 30.9 Å². The van der Waals surface area contributed by atoms with Crippen LogP contribution >= 0.6 is 0 Å². The number of hydroxylamine groups is 1. The maximum atomic E-state index is 11.2. The van der Waals surface area contributed by atoms with E-state index in [2.05, 4.69) is 10.8 Å². The minimum absolute atomic E-state index is 0.00912. The molecule has 0 aliphatic carbocycles. The molecular formula is C8H16N2O3. The number of alkyl carbamates (subject to hydrolysis) is 1. The maximum Gasteiger partial charge on any atom is 0.407 e. The molecule has 0 radical (unpaired) electrons. The van der Waals surface area contributed by atoms with Gasteiger partial charge in [0.05, 0.1) is 12.6 Å². The van der Waals surface area contributed by atoms with Crippen molar-refractivity contribution in [3.63, 3.8) is 0 Å². The fourth-order valence-electron chi connectivity index (χ4n) is 0.945. The Bertz CT molecular complexity index is 182. The van der Waals surface area contributed by atoms with Gasteiger partial charge in [-0.2, -0.15) is 0 Å². The lowest BCUT2D eigenvalue weighted by molar-refractivity contribution is 0.0492. The number of nitrogens with one attached hydrogen (secondary N) is 2. The second kappa shape index (κ2) is 3.93. The highest BCUT2D eigenvalue weighted by atomic mass is 16.7. The van der Waals surface area contributed by atoms with Crippen molar-refractivity contribution < 1.29 is 14.4 Å². The van der Waals surface area contributed by atoms with E-state index in [1.165, 1.54) is 0 Å². The molecule has 1 amide bonds. The molecule has 1 rings (SSSR count). The van der Waals surface area contributed by atoms with E-state index >= 15 is 0 Å². The topological polar surface area (TPSA) is 59.6 Å². The minimum atomic E-state index is -0.447. The van der Waals surface area contributed by atoms with E-state index in [1.807, 2.05) is 20.8 Å². The zero-order valence-electron chi connectivity index (χ0n) is 8.22. The zero-order chi connectivity index (χ0) is 9.90. The molecule has 0 aromatic rings. The molecule has 0 spiro atoms. The Balaban J connectivity index is 2.24. The molecule has 1 fully saturated rings. The summed E-state index contributed by atoms with van der Waals surface area (Å²) in [4.78, 5) is 16.1. The van der Waals surface area contributed by atoms with E-state index in [9.17, 15) is 4.79 Å². The van der Waals surface area contributed by atoms with Gasteiger partial charge in [0.25, 0.3) is 0 Å². The van der Waals surface area contributed by atoms with Gasteiger partial charge in [0.15, 0.2) is 0 Å². The van der Waals surface area contributed by atoms with E-state index < -0.39 is 11.7 Å². The third-order valence-electron chi connectivity index (χ3n) is 1.44. The lowest BCUT2D eigenvalue weighted by Gasteiger charge is -2.20. The molecule has 1 aliphatic rings. The summed E-state index contributed by atoms with van der Waals surface area (Å²) in [5.74, 6) is 0. The largest absolute Gasteiger partial charge is 0.444 e. The highest BCUT2D eigenvalue weighted by Gasteiger charge is 2.21. The molecule has 0 aromatic heterocycles. The molecule has 76 valence electrons. The van der Waals surface area contributed by atoms with Crippen LogP contribution in [0.2, 0.25) is 0 Å². The predicted molar refractivity (Wildman–Crippen MR) is 47.1 cm³/mol. The van der Waals surface area contributed by atoms with Gasteiger partial charge < -0.3 is 10.1 Å². The Hall–Kier alpha value is -0.810. The fourth-order valence-corrected chi connectivity index (χ4v) is 0.945. The Morgan fingerprint density at radius 1 is 1.62 bits per heavy atom. The van der Waals surface area contributed by atoms with Crippen molar-refractivity contribution in [3.8, 4) is 0 Å². The first-order valence-corrected chi connectivity index (χ1v) is 4.31. The third kappa shape index (κ3) is 4.10. The quantitative estimate of drug-likeness (QED) is 0.626. The second-order valence-corrected chi connectivity index (χ2v) is 4.00. The first-order valence-electron chi connectivity index (χ1n) is 4.31. The molecule has 1 atom stereocenters. The Labute approximate surface area is 77.7 Å². The smallest absolute Gasteiger partial charge is 0.407 e. The van der Waals surface area contributed by atoms with Crippen molar-refractivity contribution >= 4 is 6.09 Å². The van der Waals surface area contributed by atoms with Crippen molar-refractivity contribution in [2.24, 2.45) is 0 Å². The van der Waals surface area contributed by atoms with E-state index in [0.717, 1.165) is 0 Å². The van der Waals surface area contributed by atoms with Gasteiger partial charge in [-0.1, -0.05) is 0 Å². The lowest BCUT2D eigenvalue weighted by Crippen LogP contribution is -2.41. The second-order valence-electron chi connectivity index (χ2n) is 4.00. The molecule has 0 bridgehead atoms. The van der Waals surface area contributed by atoms with E-state index in [0.29, 0.717) is 13.2 Å². The molecule has 1 aliphatic heterocycles. The summed E-state index contributed by atoms with van der Waals surface area (Å²) in [6, 6.07) is 0.00912. The highest BCUT2D eigenvalue weighted by Crippen LogP contribution is 2.06. The molecular weight excluding hydrogens is 172 g/mol. The fraction of sp³-hybridized carbons (Fsp3) is 0.875. The van der Waals surface area contributed by atoms with Crippen LogP contribution in [0.1, 0.15) is 20.8 Å². The molecule has 5 heteroatoms. The normalized spacial score (nSPS) is 22.8. The van der Waals surface area contributed by atoms with Crippen molar-refractivity contribution in [1.82, 2.24) is 10.8 Å². The van der Waals surface area contributed by atoms with Crippen LogP contribution in [0.4, 0.5) is 4.79 Å². The van der Waals surface area contributed by atoms with Crippen molar-refractivity contribution in [2.45, 2.75) is 32.4 Å². The van der Waals surface area contributed by atoms with Gasteiger partial charge in [0.1, 0.15) is 5.60 Å². The molecule has 1 saturated heterocycles. The third-order valence-corrected chi connectivity index (χ3v) is 1.44. The van der Waals surface area contributed by atoms with Gasteiger partial charge in [-0.3, -0.25) is 4.84 Å². The SMILES string of the molecule is CC(C)(C)OC(=O)N[C@H]1CNOC1. The summed E-state index contributed by atoms with van der Waals surface area (Å²) >= 11 is 0. The van der Waals surface area contributed by atoms with Crippen LogP contribution < -0.4 is 10.8 Å².